The third kappa shape index (κ3) is 3.12. The third-order valence-electron chi connectivity index (χ3n) is 3.55. The van der Waals surface area contributed by atoms with Gasteiger partial charge in [-0.2, -0.15) is 0 Å². The molecule has 0 bridgehead atoms. The van der Waals surface area contributed by atoms with Crippen molar-refractivity contribution in [3.63, 3.8) is 0 Å². The maximum absolute atomic E-state index is 13.0. The molecule has 0 unspecified atom stereocenters. The van der Waals surface area contributed by atoms with E-state index >= 15 is 0 Å². The molecule has 0 saturated heterocycles. The summed E-state index contributed by atoms with van der Waals surface area (Å²) in [7, 11) is 0. The second-order valence-electron chi connectivity index (χ2n) is 4.89. The van der Waals surface area contributed by atoms with Gasteiger partial charge in [-0.25, -0.2) is 13.2 Å². The van der Waals surface area contributed by atoms with E-state index in [1.54, 1.807) is 0 Å². The first-order valence-corrected chi connectivity index (χ1v) is 6.21. The summed E-state index contributed by atoms with van der Waals surface area (Å²) in [6, 6.07) is 2.10. The second-order valence-corrected chi connectivity index (χ2v) is 4.89. The number of hydrogen-bond donors (Lipinski definition) is 0. The summed E-state index contributed by atoms with van der Waals surface area (Å²) in [5.41, 5.74) is 0.475. The van der Waals surface area contributed by atoms with E-state index in [1.165, 1.54) is 0 Å². The lowest BCUT2D eigenvalue weighted by molar-refractivity contribution is -0.121. The van der Waals surface area contributed by atoms with E-state index in [0.29, 0.717) is 36.5 Å². The number of carbonyl (C=O) groups excluding carboxylic acids is 1. The molecule has 0 aliphatic heterocycles. The fourth-order valence-electron chi connectivity index (χ4n) is 2.41. The van der Waals surface area contributed by atoms with Crippen molar-refractivity contribution in [1.82, 2.24) is 0 Å². The molecule has 1 aromatic carbocycles. The summed E-state index contributed by atoms with van der Waals surface area (Å²) in [6.45, 7) is 0. The lowest BCUT2D eigenvalue weighted by Crippen LogP contribution is -2.14. The fourth-order valence-corrected chi connectivity index (χ4v) is 2.41. The minimum Gasteiger partial charge on any atom is -0.300 e. The summed E-state index contributed by atoms with van der Waals surface area (Å²) in [6.07, 6.45) is 4.23. The highest BCUT2D eigenvalue weighted by atomic mass is 19.2. The van der Waals surface area contributed by atoms with Crippen LogP contribution in [-0.4, -0.2) is 5.78 Å². The van der Waals surface area contributed by atoms with Crippen LogP contribution in [0.2, 0.25) is 0 Å². The smallest absolute Gasteiger partial charge is 0.194 e. The Morgan fingerprint density at radius 3 is 2.17 bits per heavy atom. The summed E-state index contributed by atoms with van der Waals surface area (Å²) >= 11 is 0. The van der Waals surface area contributed by atoms with Crippen LogP contribution in [0.25, 0.3) is 0 Å². The standard InChI is InChI=1S/C14H15F3O/c15-12-7-10(8-13(16)14(12)17)2-1-9-3-5-11(18)6-4-9/h7-9H,1-6H2. The van der Waals surface area contributed by atoms with E-state index in [0.717, 1.165) is 31.4 Å². The molecule has 18 heavy (non-hydrogen) atoms. The quantitative estimate of drug-likeness (QED) is 0.752. The van der Waals surface area contributed by atoms with E-state index in [1.807, 2.05) is 0 Å². The van der Waals surface area contributed by atoms with Crippen molar-refractivity contribution in [3.05, 3.63) is 35.1 Å². The molecule has 0 amide bonds. The minimum atomic E-state index is -1.41. The Kier molecular flexibility index (Phi) is 4.04. The molecule has 1 fully saturated rings. The van der Waals surface area contributed by atoms with Crippen LogP contribution in [0.15, 0.2) is 12.1 Å². The largest absolute Gasteiger partial charge is 0.300 e. The molecule has 98 valence electrons. The molecule has 0 atom stereocenters. The summed E-state index contributed by atoms with van der Waals surface area (Å²) in [5, 5.41) is 0. The Morgan fingerprint density at radius 2 is 1.61 bits per heavy atom. The van der Waals surface area contributed by atoms with Gasteiger partial charge >= 0.3 is 0 Å². The summed E-state index contributed by atoms with van der Waals surface area (Å²) in [4.78, 5) is 11.1. The normalized spacial score (nSPS) is 17.2. The zero-order chi connectivity index (χ0) is 13.1. The van der Waals surface area contributed by atoms with Gasteiger partial charge in [-0.05, 0) is 49.3 Å². The average Bonchev–Trinajstić information content (AvgIpc) is 2.35. The van der Waals surface area contributed by atoms with Gasteiger partial charge in [0.15, 0.2) is 17.5 Å². The van der Waals surface area contributed by atoms with E-state index in [-0.39, 0.29) is 0 Å². The molecule has 0 radical (unpaired) electrons. The molecule has 4 heteroatoms. The Labute approximate surface area is 104 Å². The monoisotopic (exact) mass is 256 g/mol. The average molecular weight is 256 g/mol. The first kappa shape index (κ1) is 13.1. The maximum Gasteiger partial charge on any atom is 0.194 e. The Balaban J connectivity index is 1.92. The minimum absolute atomic E-state index is 0.296. The van der Waals surface area contributed by atoms with E-state index in [2.05, 4.69) is 0 Å². The number of hydrogen-bond acceptors (Lipinski definition) is 1. The Morgan fingerprint density at radius 1 is 1.06 bits per heavy atom. The van der Waals surface area contributed by atoms with Gasteiger partial charge in [-0.1, -0.05) is 0 Å². The highest BCUT2D eigenvalue weighted by Gasteiger charge is 2.19. The predicted octanol–water partition coefficient (Wildman–Crippen LogP) is 3.80. The second kappa shape index (κ2) is 5.55. The lowest BCUT2D eigenvalue weighted by Gasteiger charge is -2.20. The molecule has 0 N–H and O–H groups in total. The Hall–Kier alpha value is -1.32. The van der Waals surface area contributed by atoms with Crippen LogP contribution >= 0.6 is 0 Å². The van der Waals surface area contributed by atoms with Crippen molar-refractivity contribution >= 4 is 5.78 Å². The van der Waals surface area contributed by atoms with E-state index in [9.17, 15) is 18.0 Å². The van der Waals surface area contributed by atoms with Gasteiger partial charge < -0.3 is 0 Å². The van der Waals surface area contributed by atoms with Gasteiger partial charge in [0, 0.05) is 12.8 Å². The van der Waals surface area contributed by atoms with E-state index in [4.69, 9.17) is 0 Å². The van der Waals surface area contributed by atoms with Crippen molar-refractivity contribution in [1.29, 1.82) is 0 Å². The molecule has 1 aliphatic rings. The van der Waals surface area contributed by atoms with Crippen molar-refractivity contribution in [2.24, 2.45) is 5.92 Å². The molecule has 0 heterocycles. The van der Waals surface area contributed by atoms with Crippen LogP contribution < -0.4 is 0 Å². The molecule has 1 aromatic rings. The molecule has 1 nitrogen and oxygen atoms in total. The van der Waals surface area contributed by atoms with Crippen LogP contribution in [0.1, 0.15) is 37.7 Å². The van der Waals surface area contributed by atoms with Gasteiger partial charge in [0.1, 0.15) is 5.78 Å². The predicted molar refractivity (Wildman–Crippen MR) is 61.6 cm³/mol. The molecule has 1 aliphatic carbocycles. The van der Waals surface area contributed by atoms with Gasteiger partial charge in [0.2, 0.25) is 0 Å². The van der Waals surface area contributed by atoms with Crippen molar-refractivity contribution in [3.8, 4) is 0 Å². The SMILES string of the molecule is O=C1CCC(CCc2cc(F)c(F)c(F)c2)CC1. The van der Waals surface area contributed by atoms with Crippen molar-refractivity contribution in [2.75, 3.05) is 0 Å². The number of Topliss-reactive ketones (excluding diaryl/α,β-unsaturated/α-hetero) is 1. The third-order valence-corrected chi connectivity index (χ3v) is 3.55. The molecule has 2 rings (SSSR count). The summed E-state index contributed by atoms with van der Waals surface area (Å²) in [5.74, 6) is -2.96. The van der Waals surface area contributed by atoms with Crippen LogP contribution in [0.5, 0.6) is 0 Å². The number of benzene rings is 1. The first-order chi connectivity index (χ1) is 8.56. The van der Waals surface area contributed by atoms with Crippen molar-refractivity contribution < 1.29 is 18.0 Å². The van der Waals surface area contributed by atoms with Gasteiger partial charge in [0.25, 0.3) is 0 Å². The highest BCUT2D eigenvalue weighted by molar-refractivity contribution is 5.78. The number of ketones is 1. The number of aryl methyl sites for hydroxylation is 1. The molecule has 0 spiro atoms. The van der Waals surface area contributed by atoms with Gasteiger partial charge in [-0.3, -0.25) is 4.79 Å². The zero-order valence-electron chi connectivity index (χ0n) is 10.0. The molecular formula is C14H15F3O. The topological polar surface area (TPSA) is 17.1 Å². The fraction of sp³-hybridized carbons (Fsp3) is 0.500. The maximum atomic E-state index is 13.0. The van der Waals surface area contributed by atoms with Gasteiger partial charge in [0.05, 0.1) is 0 Å². The summed E-state index contributed by atoms with van der Waals surface area (Å²) < 4.78 is 38.8. The number of carbonyl (C=O) groups is 1. The van der Waals surface area contributed by atoms with Crippen LogP contribution in [0, 0.1) is 23.4 Å². The van der Waals surface area contributed by atoms with Gasteiger partial charge in [-0.15, -0.1) is 0 Å². The van der Waals surface area contributed by atoms with Crippen LogP contribution in [-0.2, 0) is 11.2 Å². The Bertz CT molecular complexity index is 423. The number of halogens is 3. The number of rotatable bonds is 3. The zero-order valence-corrected chi connectivity index (χ0v) is 10.0. The highest BCUT2D eigenvalue weighted by Crippen LogP contribution is 2.26. The van der Waals surface area contributed by atoms with Crippen LogP contribution in [0.3, 0.4) is 0 Å². The first-order valence-electron chi connectivity index (χ1n) is 6.21. The van der Waals surface area contributed by atoms with Crippen molar-refractivity contribution in [2.45, 2.75) is 38.5 Å². The van der Waals surface area contributed by atoms with E-state index < -0.39 is 17.5 Å². The lowest BCUT2D eigenvalue weighted by atomic mass is 9.84. The molecule has 1 saturated carbocycles. The molecule has 0 aromatic heterocycles. The van der Waals surface area contributed by atoms with Crippen LogP contribution in [0.4, 0.5) is 13.2 Å². The molecular weight excluding hydrogens is 241 g/mol.